The van der Waals surface area contributed by atoms with Gasteiger partial charge in [0, 0.05) is 0 Å². The molecular weight excluding hydrogens is 696 g/mol. The van der Waals surface area contributed by atoms with Crippen molar-refractivity contribution in [3.05, 3.63) is 129 Å². The van der Waals surface area contributed by atoms with Gasteiger partial charge in [-0.1, -0.05) is 0 Å². The van der Waals surface area contributed by atoms with Crippen LogP contribution in [0.25, 0.3) is 34.4 Å². The fraction of sp³-hybridized carbons (Fsp3) is 0.417. The molecule has 0 amide bonds. The normalized spacial score (nSPS) is 17.7. The first kappa shape index (κ1) is 37.2. The molecule has 0 radical (unpaired) electrons. The van der Waals surface area contributed by atoms with Crippen LogP contribution in [-0.2, 0) is 33.8 Å². The van der Waals surface area contributed by atoms with Crippen LogP contribution in [-0.4, -0.2) is 5.92 Å². The van der Waals surface area contributed by atoms with Crippen LogP contribution < -0.4 is 0 Å². The van der Waals surface area contributed by atoms with Crippen molar-refractivity contribution in [3.63, 3.8) is 0 Å². The number of rotatable bonds is 15. The average molecular weight is 757 g/mol. The van der Waals surface area contributed by atoms with Gasteiger partial charge in [-0.2, -0.15) is 0 Å². The van der Waals surface area contributed by atoms with Gasteiger partial charge in [-0.15, -0.1) is 0 Å². The van der Waals surface area contributed by atoms with Crippen molar-refractivity contribution >= 4 is 18.1 Å². The van der Waals surface area contributed by atoms with Gasteiger partial charge in [-0.3, -0.25) is 0 Å². The third-order valence-corrected chi connectivity index (χ3v) is 33.7. The monoisotopic (exact) mass is 755 g/mol. The number of unbranched alkanes of at least 4 members (excludes halogenated alkanes) is 2. The van der Waals surface area contributed by atoms with Crippen molar-refractivity contribution in [2.24, 2.45) is 11.8 Å². The Labute approximate surface area is 313 Å². The van der Waals surface area contributed by atoms with Crippen LogP contribution >= 0.6 is 0 Å². The quantitative estimate of drug-likeness (QED) is 0.106. The Hall–Kier alpha value is -2.54. The molecule has 4 unspecified atom stereocenters. The van der Waals surface area contributed by atoms with Crippen LogP contribution in [0.15, 0.2) is 96.1 Å². The molecule has 2 heteroatoms. The summed E-state index contributed by atoms with van der Waals surface area (Å²) in [7, 11) is 0. The van der Waals surface area contributed by atoms with E-state index in [1.54, 1.807) is 33.4 Å². The maximum absolute atomic E-state index is 2.74. The first-order valence-corrected chi connectivity index (χ1v) is 30.0. The number of aryl methyl sites for hydroxylation is 2. The number of hydrogen-bond acceptors (Lipinski definition) is 0. The second-order valence-corrected chi connectivity index (χ2v) is 35.6. The molecule has 2 aliphatic rings. The van der Waals surface area contributed by atoms with Crippen LogP contribution in [0.2, 0.25) is 13.1 Å². The van der Waals surface area contributed by atoms with Gasteiger partial charge in [0.1, 0.15) is 0 Å². The molecule has 0 aliphatic heterocycles. The Morgan fingerprint density at radius 3 is 1.32 bits per heavy atom. The molecule has 50 heavy (non-hydrogen) atoms. The summed E-state index contributed by atoms with van der Waals surface area (Å²) in [6, 6.07) is 33.4. The Kier molecular flexibility index (Phi) is 12.6. The summed E-state index contributed by atoms with van der Waals surface area (Å²) in [5, 5.41) is 0. The Morgan fingerprint density at radius 2 is 0.940 bits per heavy atom. The minimum atomic E-state index is -2.28. The van der Waals surface area contributed by atoms with Crippen molar-refractivity contribution in [2.45, 2.75) is 113 Å². The summed E-state index contributed by atoms with van der Waals surface area (Å²) in [6.45, 7) is 20.0. The van der Waals surface area contributed by atoms with Crippen molar-refractivity contribution in [1.29, 1.82) is 0 Å². The van der Waals surface area contributed by atoms with Crippen molar-refractivity contribution in [2.75, 3.05) is 0 Å². The van der Waals surface area contributed by atoms with Crippen LogP contribution in [0, 0.1) is 11.8 Å². The van der Waals surface area contributed by atoms with Gasteiger partial charge in [0.2, 0.25) is 0 Å². The van der Waals surface area contributed by atoms with Gasteiger partial charge >= 0.3 is 316 Å². The molecular formula is C48H61SiZr. The summed E-state index contributed by atoms with van der Waals surface area (Å²) < 4.78 is 1.31. The Balaban J connectivity index is 1.53. The van der Waals surface area contributed by atoms with E-state index in [2.05, 4.69) is 152 Å². The number of allylic oxidation sites excluding steroid dienone is 2. The predicted octanol–water partition coefficient (Wildman–Crippen LogP) is 14.0. The molecule has 0 saturated carbocycles. The topological polar surface area (TPSA) is 0 Å². The summed E-state index contributed by atoms with van der Waals surface area (Å²) in [4.78, 5) is 0. The minimum absolute atomic E-state index is 0.604. The van der Waals surface area contributed by atoms with Crippen molar-refractivity contribution in [3.8, 4) is 22.3 Å². The van der Waals surface area contributed by atoms with Gasteiger partial charge in [-0.05, 0) is 0 Å². The molecule has 0 bridgehead atoms. The first-order valence-electron chi connectivity index (χ1n) is 20.1. The predicted molar refractivity (Wildman–Crippen MR) is 220 cm³/mol. The van der Waals surface area contributed by atoms with E-state index >= 15 is 0 Å². The molecule has 2 aliphatic carbocycles. The van der Waals surface area contributed by atoms with E-state index in [9.17, 15) is 0 Å². The molecule has 4 atom stereocenters. The number of hydrogen-bond donors (Lipinski definition) is 0. The molecule has 0 aromatic heterocycles. The van der Waals surface area contributed by atoms with Gasteiger partial charge in [0.05, 0.1) is 0 Å². The maximum atomic E-state index is 2.74. The zero-order valence-electron chi connectivity index (χ0n) is 32.3. The zero-order valence-corrected chi connectivity index (χ0v) is 35.9. The third-order valence-electron chi connectivity index (χ3n) is 12.1. The number of fused-ring (bicyclic) bond motifs is 2. The zero-order chi connectivity index (χ0) is 35.4. The molecule has 261 valence electrons. The molecule has 0 saturated heterocycles. The van der Waals surface area contributed by atoms with E-state index < -0.39 is 26.8 Å². The van der Waals surface area contributed by atoms with Gasteiger partial charge in [0.25, 0.3) is 0 Å². The van der Waals surface area contributed by atoms with E-state index in [4.69, 9.17) is 0 Å². The molecule has 0 nitrogen and oxygen atoms in total. The summed E-state index contributed by atoms with van der Waals surface area (Å²) in [5.41, 5.74) is 18.9. The summed E-state index contributed by atoms with van der Waals surface area (Å²) >= 11 is -2.28. The second kappa shape index (κ2) is 16.9. The van der Waals surface area contributed by atoms with E-state index in [-0.39, 0.29) is 0 Å². The molecule has 0 fully saturated rings. The van der Waals surface area contributed by atoms with Gasteiger partial charge < -0.3 is 0 Å². The Morgan fingerprint density at radius 1 is 0.540 bits per heavy atom. The molecule has 4 aromatic rings. The van der Waals surface area contributed by atoms with E-state index in [0.29, 0.717) is 19.1 Å². The second-order valence-electron chi connectivity index (χ2n) is 15.6. The Bertz CT molecular complexity index is 1710. The molecule has 6 rings (SSSR count). The van der Waals surface area contributed by atoms with Crippen LogP contribution in [0.5, 0.6) is 0 Å². The van der Waals surface area contributed by atoms with Crippen LogP contribution in [0.4, 0.5) is 0 Å². The van der Waals surface area contributed by atoms with E-state index in [0.717, 1.165) is 12.8 Å². The summed E-state index contributed by atoms with van der Waals surface area (Å²) in [6.07, 6.45) is 15.1. The van der Waals surface area contributed by atoms with Crippen molar-refractivity contribution < 1.29 is 20.9 Å². The first-order chi connectivity index (χ1) is 24.3. The average Bonchev–Trinajstić information content (AvgIpc) is 3.72. The standard InChI is InChI=1S/2C23H27.C2H7Si.Zr/c2*1-4-6-10-18-11-7-8-13-21(18)22-14-9-12-19-15-20(16-23(19)22)17(3)5-2;1-3-2;/h2*7-9,11-17H,4-6,10H2,1-3H3;3H,1-2H3;. The third kappa shape index (κ3) is 7.23. The summed E-state index contributed by atoms with van der Waals surface area (Å²) in [5.74, 6) is 0.203. The van der Waals surface area contributed by atoms with E-state index in [1.807, 2.05) is 0 Å². The fourth-order valence-electron chi connectivity index (χ4n) is 8.96. The molecule has 0 heterocycles. The molecule has 4 aromatic carbocycles. The van der Waals surface area contributed by atoms with Crippen LogP contribution in [0.3, 0.4) is 0 Å². The molecule has 0 N–H and O–H groups in total. The van der Waals surface area contributed by atoms with E-state index in [1.165, 1.54) is 71.9 Å². The van der Waals surface area contributed by atoms with Gasteiger partial charge in [-0.25, -0.2) is 0 Å². The SMILES string of the molecule is CCCCc1ccccc1-c1cccc2c1C=C(C(C)CC)[CH]2[Zr]([CH]1C(C(C)CC)=Cc2c(-c3ccccc3CCCC)cccc21)[SiH](C)C. The number of benzene rings is 4. The van der Waals surface area contributed by atoms with Crippen LogP contribution in [0.1, 0.15) is 121 Å². The fourth-order valence-corrected chi connectivity index (χ4v) is 32.0. The van der Waals surface area contributed by atoms with Gasteiger partial charge in [0.15, 0.2) is 0 Å². The molecule has 0 spiro atoms. The van der Waals surface area contributed by atoms with Crippen molar-refractivity contribution in [1.82, 2.24) is 0 Å².